The Morgan fingerprint density at radius 1 is 1.20 bits per heavy atom. The van der Waals surface area contributed by atoms with Crippen molar-refractivity contribution >= 4 is 16.9 Å². The van der Waals surface area contributed by atoms with E-state index in [4.69, 9.17) is 9.15 Å². The molecule has 1 heterocycles. The number of halogens is 1. The van der Waals surface area contributed by atoms with Gasteiger partial charge in [0.05, 0.1) is 6.54 Å². The first-order chi connectivity index (χ1) is 12.0. The van der Waals surface area contributed by atoms with E-state index in [1.165, 1.54) is 18.1 Å². The van der Waals surface area contributed by atoms with E-state index in [1.54, 1.807) is 32.2 Å². The maximum Gasteiger partial charge on any atom is 0.259 e. The number of methoxy groups -OCH3 is 1. The van der Waals surface area contributed by atoms with Crippen LogP contribution < -0.4 is 0 Å². The topological polar surface area (TPSA) is 42.7 Å². The largest absolute Gasteiger partial charge is 0.459 e. The third kappa shape index (κ3) is 3.15. The Morgan fingerprint density at radius 3 is 2.56 bits per heavy atom. The summed E-state index contributed by atoms with van der Waals surface area (Å²) >= 11 is 0. The van der Waals surface area contributed by atoms with E-state index >= 15 is 0 Å². The predicted molar refractivity (Wildman–Crippen MR) is 93.4 cm³/mol. The van der Waals surface area contributed by atoms with Crippen molar-refractivity contribution in [3.63, 3.8) is 0 Å². The van der Waals surface area contributed by atoms with Gasteiger partial charge in [0.15, 0.2) is 5.60 Å². The number of hydrogen-bond donors (Lipinski definition) is 0. The van der Waals surface area contributed by atoms with Gasteiger partial charge in [-0.15, -0.1) is 0 Å². The first-order valence-corrected chi connectivity index (χ1v) is 7.99. The number of likely N-dealkylation sites (N-methyl/N-ethyl adjacent to an activating group) is 1. The number of para-hydroxylation sites is 1. The van der Waals surface area contributed by atoms with Crippen molar-refractivity contribution in [3.8, 4) is 0 Å². The van der Waals surface area contributed by atoms with Gasteiger partial charge in [0.1, 0.15) is 17.2 Å². The number of benzene rings is 2. The highest BCUT2D eigenvalue weighted by atomic mass is 19.1. The molecular formula is C20H20FNO3. The smallest absolute Gasteiger partial charge is 0.259 e. The average molecular weight is 341 g/mol. The summed E-state index contributed by atoms with van der Waals surface area (Å²) in [7, 11) is 3.05. The second-order valence-electron chi connectivity index (χ2n) is 6.13. The molecule has 0 saturated heterocycles. The van der Waals surface area contributed by atoms with Gasteiger partial charge in [0, 0.05) is 25.1 Å². The monoisotopic (exact) mass is 341 g/mol. The van der Waals surface area contributed by atoms with Gasteiger partial charge >= 0.3 is 0 Å². The molecule has 0 N–H and O–H groups in total. The second kappa shape index (κ2) is 6.69. The molecule has 1 aromatic heterocycles. The van der Waals surface area contributed by atoms with Crippen LogP contribution in [0.5, 0.6) is 0 Å². The van der Waals surface area contributed by atoms with Crippen molar-refractivity contribution in [3.05, 3.63) is 71.7 Å². The van der Waals surface area contributed by atoms with Gasteiger partial charge < -0.3 is 14.1 Å². The molecular weight excluding hydrogens is 321 g/mol. The van der Waals surface area contributed by atoms with Crippen LogP contribution in [0.1, 0.15) is 18.2 Å². The second-order valence-corrected chi connectivity index (χ2v) is 6.13. The molecule has 0 saturated carbocycles. The number of nitrogens with zero attached hydrogens (tertiary/aromatic N) is 1. The van der Waals surface area contributed by atoms with Gasteiger partial charge in [0.25, 0.3) is 5.91 Å². The van der Waals surface area contributed by atoms with E-state index < -0.39 is 11.4 Å². The van der Waals surface area contributed by atoms with E-state index in [0.717, 1.165) is 11.0 Å². The average Bonchev–Trinajstić information content (AvgIpc) is 3.03. The summed E-state index contributed by atoms with van der Waals surface area (Å²) in [4.78, 5) is 14.4. The van der Waals surface area contributed by atoms with Crippen molar-refractivity contribution in [1.82, 2.24) is 4.90 Å². The summed E-state index contributed by atoms with van der Waals surface area (Å²) in [5.74, 6) is -0.165. The zero-order valence-electron chi connectivity index (χ0n) is 14.5. The van der Waals surface area contributed by atoms with Crippen LogP contribution >= 0.6 is 0 Å². The Kier molecular flexibility index (Phi) is 4.59. The van der Waals surface area contributed by atoms with Gasteiger partial charge in [-0.1, -0.05) is 36.4 Å². The zero-order valence-corrected chi connectivity index (χ0v) is 14.5. The highest BCUT2D eigenvalue weighted by Crippen LogP contribution is 2.30. The quantitative estimate of drug-likeness (QED) is 0.702. The lowest BCUT2D eigenvalue weighted by atomic mass is 9.93. The Labute approximate surface area is 145 Å². The minimum Gasteiger partial charge on any atom is -0.459 e. The van der Waals surface area contributed by atoms with Crippen LogP contribution in [-0.2, 0) is 21.7 Å². The van der Waals surface area contributed by atoms with E-state index in [1.807, 2.05) is 30.3 Å². The van der Waals surface area contributed by atoms with Crippen LogP contribution in [0, 0.1) is 5.82 Å². The molecule has 3 rings (SSSR count). The third-order valence-electron chi connectivity index (χ3n) is 4.42. The number of carbonyl (C=O) groups excluding carboxylic acids is 1. The number of hydrogen-bond acceptors (Lipinski definition) is 3. The Bertz CT molecular complexity index is 872. The fraction of sp³-hybridized carbons (Fsp3) is 0.250. The van der Waals surface area contributed by atoms with Crippen molar-refractivity contribution in [2.75, 3.05) is 14.2 Å². The van der Waals surface area contributed by atoms with Gasteiger partial charge in [-0.2, -0.15) is 0 Å². The zero-order chi connectivity index (χ0) is 18.0. The summed E-state index contributed by atoms with van der Waals surface area (Å²) < 4.78 is 25.4. The summed E-state index contributed by atoms with van der Waals surface area (Å²) in [5, 5.41) is 0.974. The Morgan fingerprint density at radius 2 is 1.88 bits per heavy atom. The van der Waals surface area contributed by atoms with Gasteiger partial charge in [-0.3, -0.25) is 4.79 Å². The maximum atomic E-state index is 14.2. The number of rotatable bonds is 5. The minimum atomic E-state index is -1.41. The summed E-state index contributed by atoms with van der Waals surface area (Å²) in [6.45, 7) is 1.84. The maximum absolute atomic E-state index is 14.2. The first-order valence-electron chi connectivity index (χ1n) is 7.99. The number of furan rings is 1. The number of ether oxygens (including phenoxy) is 1. The standard InChI is InChI=1S/C20H20FNO3/c1-20(24-3,16-9-5-6-10-17(16)21)19(23)22(2)13-15-12-14-8-4-7-11-18(14)25-15/h4-12H,13H2,1-3H3. The van der Waals surface area contributed by atoms with Crippen molar-refractivity contribution in [1.29, 1.82) is 0 Å². The molecule has 1 atom stereocenters. The van der Waals surface area contributed by atoms with Crippen LogP contribution in [0.15, 0.2) is 59.0 Å². The summed E-state index contributed by atoms with van der Waals surface area (Å²) in [6, 6.07) is 15.7. The van der Waals surface area contributed by atoms with Crippen LogP contribution in [0.2, 0.25) is 0 Å². The molecule has 25 heavy (non-hydrogen) atoms. The lowest BCUT2D eigenvalue weighted by molar-refractivity contribution is -0.154. The summed E-state index contributed by atoms with van der Waals surface area (Å²) in [6.07, 6.45) is 0. The molecule has 0 bridgehead atoms. The van der Waals surface area contributed by atoms with E-state index in [2.05, 4.69) is 0 Å². The SMILES string of the molecule is COC(C)(C(=O)N(C)Cc1cc2ccccc2o1)c1ccccc1F. The molecule has 2 aromatic carbocycles. The van der Waals surface area contributed by atoms with Gasteiger partial charge in [-0.25, -0.2) is 4.39 Å². The molecule has 3 aromatic rings. The van der Waals surface area contributed by atoms with Crippen molar-refractivity contribution in [2.45, 2.75) is 19.1 Å². The van der Waals surface area contributed by atoms with E-state index in [-0.39, 0.29) is 18.0 Å². The molecule has 130 valence electrons. The molecule has 1 amide bonds. The van der Waals surface area contributed by atoms with Gasteiger partial charge in [-0.05, 0) is 25.1 Å². The number of amides is 1. The molecule has 0 spiro atoms. The lowest BCUT2D eigenvalue weighted by Gasteiger charge is -2.31. The van der Waals surface area contributed by atoms with Crippen LogP contribution in [-0.4, -0.2) is 25.0 Å². The molecule has 1 unspecified atom stereocenters. The fourth-order valence-corrected chi connectivity index (χ4v) is 2.95. The Balaban J connectivity index is 1.86. The molecule has 4 nitrogen and oxygen atoms in total. The molecule has 0 aliphatic rings. The van der Waals surface area contributed by atoms with Crippen LogP contribution in [0.4, 0.5) is 4.39 Å². The molecule has 0 radical (unpaired) electrons. The van der Waals surface area contributed by atoms with Gasteiger partial charge in [0.2, 0.25) is 0 Å². The van der Waals surface area contributed by atoms with Crippen LogP contribution in [0.25, 0.3) is 11.0 Å². The van der Waals surface area contributed by atoms with Crippen molar-refractivity contribution < 1.29 is 18.3 Å². The van der Waals surface area contributed by atoms with E-state index in [0.29, 0.717) is 5.76 Å². The van der Waals surface area contributed by atoms with Crippen LogP contribution in [0.3, 0.4) is 0 Å². The van der Waals surface area contributed by atoms with E-state index in [9.17, 15) is 9.18 Å². The normalized spacial score (nSPS) is 13.6. The molecule has 0 aliphatic heterocycles. The Hall–Kier alpha value is -2.66. The highest BCUT2D eigenvalue weighted by molar-refractivity contribution is 5.86. The minimum absolute atomic E-state index is 0.207. The lowest BCUT2D eigenvalue weighted by Crippen LogP contribution is -2.44. The fourth-order valence-electron chi connectivity index (χ4n) is 2.95. The number of carbonyl (C=O) groups is 1. The molecule has 0 aliphatic carbocycles. The first kappa shape index (κ1) is 17.2. The van der Waals surface area contributed by atoms with Crippen molar-refractivity contribution in [2.24, 2.45) is 0 Å². The molecule has 5 heteroatoms. The highest BCUT2D eigenvalue weighted by Gasteiger charge is 2.39. The number of fused-ring (bicyclic) bond motifs is 1. The predicted octanol–water partition coefficient (Wildman–Crippen LogP) is 4.09. The molecule has 0 fully saturated rings. The third-order valence-corrected chi connectivity index (χ3v) is 4.42. The summed E-state index contributed by atoms with van der Waals surface area (Å²) in [5.41, 5.74) is -0.438.